The van der Waals surface area contributed by atoms with Crippen LogP contribution in [-0.4, -0.2) is 41.8 Å². The zero-order valence-corrected chi connectivity index (χ0v) is 8.69. The van der Waals surface area contributed by atoms with Crippen molar-refractivity contribution in [2.45, 2.75) is 30.8 Å². The molecular weight excluding hydrogens is 170 g/mol. The Kier molecular flexibility index (Phi) is 2.36. The fraction of sp³-hybridized carbons (Fsp3) is 1.00. The minimum absolute atomic E-state index is 0.247. The van der Waals surface area contributed by atoms with Crippen LogP contribution in [0.1, 0.15) is 19.8 Å². The van der Waals surface area contributed by atoms with E-state index < -0.39 is 0 Å². The number of piperidine rings is 1. The second-order valence-electron chi connectivity index (χ2n) is 3.98. The predicted molar refractivity (Wildman–Crippen MR) is 52.5 cm³/mol. The first kappa shape index (κ1) is 8.85. The van der Waals surface area contributed by atoms with Gasteiger partial charge in [0.05, 0.1) is 5.60 Å². The quantitative estimate of drug-likeness (QED) is 0.571. The summed E-state index contributed by atoms with van der Waals surface area (Å²) in [4.78, 5) is 2.39. The van der Waals surface area contributed by atoms with Gasteiger partial charge < -0.3 is 9.64 Å². The Balaban J connectivity index is 1.95. The van der Waals surface area contributed by atoms with E-state index in [4.69, 9.17) is 4.74 Å². The number of hydrogen-bond donors (Lipinski definition) is 0. The summed E-state index contributed by atoms with van der Waals surface area (Å²) in [5.74, 6) is 1.21. The molecule has 0 aromatic heterocycles. The molecule has 3 heteroatoms. The molecule has 2 fully saturated rings. The topological polar surface area (TPSA) is 12.5 Å². The lowest BCUT2D eigenvalue weighted by atomic mass is 9.93. The third-order valence-electron chi connectivity index (χ3n) is 2.90. The molecule has 1 unspecified atom stereocenters. The molecule has 2 aliphatic rings. The van der Waals surface area contributed by atoms with Gasteiger partial charge in [0, 0.05) is 18.8 Å². The van der Waals surface area contributed by atoms with Crippen LogP contribution in [0, 0.1) is 0 Å². The van der Waals surface area contributed by atoms with Gasteiger partial charge in [-0.25, -0.2) is 0 Å². The molecule has 12 heavy (non-hydrogen) atoms. The highest BCUT2D eigenvalue weighted by atomic mass is 32.2. The molecule has 0 bridgehead atoms. The molecule has 0 aromatic rings. The van der Waals surface area contributed by atoms with Gasteiger partial charge in [-0.2, -0.15) is 0 Å². The summed E-state index contributed by atoms with van der Waals surface area (Å²) in [6.45, 7) is 4.57. The van der Waals surface area contributed by atoms with Crippen molar-refractivity contribution < 1.29 is 4.74 Å². The average Bonchev–Trinajstić information content (AvgIpc) is 2.40. The standard InChI is InChI=1S/C9H17NOS/c1-8-11-9(7-12-8)3-5-10(2)6-4-9/h8H,3-7H2,1-2H3. The number of likely N-dealkylation sites (tertiary alicyclic amines) is 1. The summed E-state index contributed by atoms with van der Waals surface area (Å²) >= 11 is 1.96. The van der Waals surface area contributed by atoms with Crippen LogP contribution in [0.4, 0.5) is 0 Å². The lowest BCUT2D eigenvalue weighted by Gasteiger charge is -2.36. The summed E-state index contributed by atoms with van der Waals surface area (Å²) in [5.41, 5.74) is 0.671. The van der Waals surface area contributed by atoms with E-state index in [0.29, 0.717) is 5.44 Å². The molecule has 2 saturated heterocycles. The van der Waals surface area contributed by atoms with Crippen LogP contribution in [0.2, 0.25) is 0 Å². The van der Waals surface area contributed by atoms with E-state index >= 15 is 0 Å². The van der Waals surface area contributed by atoms with E-state index in [1.54, 1.807) is 0 Å². The first-order chi connectivity index (χ1) is 5.70. The number of hydrogen-bond acceptors (Lipinski definition) is 3. The Morgan fingerprint density at radius 1 is 1.42 bits per heavy atom. The molecule has 0 aliphatic carbocycles. The third-order valence-corrected chi connectivity index (χ3v) is 4.15. The predicted octanol–water partition coefficient (Wildman–Crippen LogP) is 1.56. The molecule has 0 N–H and O–H groups in total. The van der Waals surface area contributed by atoms with Crippen LogP contribution in [0.5, 0.6) is 0 Å². The molecule has 1 spiro atoms. The number of ether oxygens (including phenoxy) is 1. The van der Waals surface area contributed by atoms with Crippen LogP contribution < -0.4 is 0 Å². The second kappa shape index (κ2) is 3.20. The van der Waals surface area contributed by atoms with Gasteiger partial charge in [0.1, 0.15) is 5.44 Å². The minimum atomic E-state index is 0.247. The van der Waals surface area contributed by atoms with Crippen LogP contribution in [0.3, 0.4) is 0 Å². The summed E-state index contributed by atoms with van der Waals surface area (Å²) in [5, 5.41) is 0. The van der Waals surface area contributed by atoms with Crippen molar-refractivity contribution in [3.8, 4) is 0 Å². The highest BCUT2D eigenvalue weighted by Gasteiger charge is 2.40. The van der Waals surface area contributed by atoms with Gasteiger partial charge in [-0.15, -0.1) is 11.8 Å². The van der Waals surface area contributed by atoms with Gasteiger partial charge in [-0.1, -0.05) is 0 Å². The van der Waals surface area contributed by atoms with Gasteiger partial charge in [0.2, 0.25) is 0 Å². The van der Waals surface area contributed by atoms with E-state index in [-0.39, 0.29) is 5.60 Å². The molecule has 0 aromatic carbocycles. The maximum Gasteiger partial charge on any atom is 0.101 e. The van der Waals surface area contributed by atoms with Gasteiger partial charge in [-0.3, -0.25) is 0 Å². The Hall–Kier alpha value is 0.270. The van der Waals surface area contributed by atoms with Gasteiger partial charge in [-0.05, 0) is 26.8 Å². The van der Waals surface area contributed by atoms with Gasteiger partial charge >= 0.3 is 0 Å². The Morgan fingerprint density at radius 2 is 2.08 bits per heavy atom. The van der Waals surface area contributed by atoms with Gasteiger partial charge in [0.25, 0.3) is 0 Å². The largest absolute Gasteiger partial charge is 0.360 e. The molecule has 0 saturated carbocycles. The number of thioether (sulfide) groups is 1. The molecule has 2 aliphatic heterocycles. The highest BCUT2D eigenvalue weighted by Crippen LogP contribution is 2.39. The van der Waals surface area contributed by atoms with Crippen molar-refractivity contribution in [1.29, 1.82) is 0 Å². The van der Waals surface area contributed by atoms with Crippen molar-refractivity contribution in [3.63, 3.8) is 0 Å². The highest BCUT2D eigenvalue weighted by molar-refractivity contribution is 8.00. The fourth-order valence-corrected chi connectivity index (χ4v) is 3.14. The molecule has 2 rings (SSSR count). The molecule has 70 valence electrons. The molecule has 1 atom stereocenters. The summed E-state index contributed by atoms with van der Waals surface area (Å²) in [7, 11) is 2.19. The number of rotatable bonds is 0. The fourth-order valence-electron chi connectivity index (χ4n) is 1.98. The Labute approximate surface area is 78.6 Å². The SMILES string of the molecule is CC1OC2(CCN(C)CC2)CS1. The van der Waals surface area contributed by atoms with E-state index in [9.17, 15) is 0 Å². The van der Waals surface area contributed by atoms with E-state index in [1.165, 1.54) is 31.7 Å². The van der Waals surface area contributed by atoms with E-state index in [0.717, 1.165) is 0 Å². The average molecular weight is 187 g/mol. The van der Waals surface area contributed by atoms with Crippen molar-refractivity contribution in [1.82, 2.24) is 4.90 Å². The van der Waals surface area contributed by atoms with Crippen LogP contribution >= 0.6 is 11.8 Å². The zero-order valence-electron chi connectivity index (χ0n) is 7.88. The molecular formula is C9H17NOS. The summed E-state index contributed by atoms with van der Waals surface area (Å²) in [6.07, 6.45) is 2.45. The third kappa shape index (κ3) is 1.63. The van der Waals surface area contributed by atoms with Crippen molar-refractivity contribution in [2.24, 2.45) is 0 Å². The second-order valence-corrected chi connectivity index (χ2v) is 5.27. The molecule has 2 heterocycles. The smallest absolute Gasteiger partial charge is 0.101 e. The van der Waals surface area contributed by atoms with Crippen molar-refractivity contribution >= 4 is 11.8 Å². The Morgan fingerprint density at radius 3 is 2.58 bits per heavy atom. The normalized spacial score (nSPS) is 36.0. The monoisotopic (exact) mass is 187 g/mol. The lowest BCUT2D eigenvalue weighted by Crippen LogP contribution is -2.44. The van der Waals surface area contributed by atoms with Crippen LogP contribution in [0.15, 0.2) is 0 Å². The maximum atomic E-state index is 5.97. The Bertz CT molecular complexity index is 166. The zero-order chi connectivity index (χ0) is 8.60. The summed E-state index contributed by atoms with van der Waals surface area (Å²) in [6, 6.07) is 0. The van der Waals surface area contributed by atoms with E-state index in [2.05, 4.69) is 18.9 Å². The van der Waals surface area contributed by atoms with Crippen molar-refractivity contribution in [2.75, 3.05) is 25.9 Å². The lowest BCUT2D eigenvalue weighted by molar-refractivity contribution is -0.0576. The van der Waals surface area contributed by atoms with E-state index in [1.807, 2.05) is 11.8 Å². The first-order valence-corrected chi connectivity index (χ1v) is 5.73. The first-order valence-electron chi connectivity index (χ1n) is 4.68. The van der Waals surface area contributed by atoms with Gasteiger partial charge in [0.15, 0.2) is 0 Å². The molecule has 0 radical (unpaired) electrons. The van der Waals surface area contributed by atoms with Crippen LogP contribution in [0.25, 0.3) is 0 Å². The molecule has 0 amide bonds. The minimum Gasteiger partial charge on any atom is -0.360 e. The molecule has 2 nitrogen and oxygen atoms in total. The maximum absolute atomic E-state index is 5.97. The van der Waals surface area contributed by atoms with Crippen LogP contribution in [-0.2, 0) is 4.74 Å². The summed E-state index contributed by atoms with van der Waals surface area (Å²) < 4.78 is 5.97. The van der Waals surface area contributed by atoms with Crippen molar-refractivity contribution in [3.05, 3.63) is 0 Å². The number of nitrogens with zero attached hydrogens (tertiary/aromatic N) is 1.